The second-order valence-corrected chi connectivity index (χ2v) is 6.72. The zero-order chi connectivity index (χ0) is 21.7. The van der Waals surface area contributed by atoms with Gasteiger partial charge in [0.25, 0.3) is 17.7 Å². The van der Waals surface area contributed by atoms with Crippen LogP contribution in [0.4, 0.5) is 0 Å². The van der Waals surface area contributed by atoms with Gasteiger partial charge in [-0.3, -0.25) is 19.3 Å². The predicted octanol–water partition coefficient (Wildman–Crippen LogP) is 1.58. The number of carbonyl (C=O) groups excluding carboxylic acids is 4. The van der Waals surface area contributed by atoms with Crippen LogP contribution in [-0.2, 0) is 20.7 Å². The van der Waals surface area contributed by atoms with Gasteiger partial charge in [0.15, 0.2) is 6.61 Å². The van der Waals surface area contributed by atoms with Crippen LogP contribution in [0.2, 0.25) is 0 Å². The molecule has 0 spiro atoms. The highest BCUT2D eigenvalue weighted by Crippen LogP contribution is 2.24. The van der Waals surface area contributed by atoms with Gasteiger partial charge >= 0.3 is 5.97 Å². The fraction of sp³-hybridized carbons (Fsp3) is 0.273. The first-order valence-electron chi connectivity index (χ1n) is 9.46. The van der Waals surface area contributed by atoms with Gasteiger partial charge in [-0.1, -0.05) is 30.3 Å². The molecule has 2 aromatic carbocycles. The number of benzene rings is 2. The molecule has 0 aromatic heterocycles. The van der Waals surface area contributed by atoms with E-state index in [1.807, 2.05) is 24.3 Å². The van der Waals surface area contributed by atoms with Gasteiger partial charge in [-0.05, 0) is 37.1 Å². The van der Waals surface area contributed by atoms with E-state index in [4.69, 9.17) is 9.47 Å². The minimum atomic E-state index is -1.14. The van der Waals surface area contributed by atoms with E-state index in [0.29, 0.717) is 13.0 Å². The Balaban J connectivity index is 1.48. The fourth-order valence-electron chi connectivity index (χ4n) is 3.22. The second kappa shape index (κ2) is 9.21. The Morgan fingerprint density at radius 3 is 2.23 bits per heavy atom. The summed E-state index contributed by atoms with van der Waals surface area (Å²) < 4.78 is 10.3. The molecule has 8 heteroatoms. The summed E-state index contributed by atoms with van der Waals surface area (Å²) in [6, 6.07) is 12.7. The van der Waals surface area contributed by atoms with Crippen LogP contribution in [0.25, 0.3) is 0 Å². The molecule has 0 saturated heterocycles. The summed E-state index contributed by atoms with van der Waals surface area (Å²) in [5.74, 6) is -1.69. The molecule has 0 radical (unpaired) electrons. The Bertz CT molecular complexity index is 952. The number of ether oxygens (including phenoxy) is 2. The number of amides is 3. The average molecular weight is 410 g/mol. The molecular weight excluding hydrogens is 388 g/mol. The predicted molar refractivity (Wildman–Crippen MR) is 107 cm³/mol. The van der Waals surface area contributed by atoms with E-state index >= 15 is 0 Å². The number of imide groups is 1. The van der Waals surface area contributed by atoms with Crippen molar-refractivity contribution in [2.75, 3.05) is 20.3 Å². The molecule has 1 atom stereocenters. The Morgan fingerprint density at radius 2 is 1.60 bits per heavy atom. The number of para-hydroxylation sites is 1. The lowest BCUT2D eigenvalue weighted by atomic mass is 10.1. The summed E-state index contributed by atoms with van der Waals surface area (Å²) in [4.78, 5) is 50.0. The van der Waals surface area contributed by atoms with Gasteiger partial charge in [0.2, 0.25) is 0 Å². The third-order valence-corrected chi connectivity index (χ3v) is 4.81. The van der Waals surface area contributed by atoms with E-state index in [1.54, 1.807) is 19.2 Å². The van der Waals surface area contributed by atoms with Crippen LogP contribution in [0.3, 0.4) is 0 Å². The number of carbonyl (C=O) groups is 4. The van der Waals surface area contributed by atoms with Gasteiger partial charge in [0.1, 0.15) is 11.8 Å². The van der Waals surface area contributed by atoms with Crippen molar-refractivity contribution in [2.45, 2.75) is 19.4 Å². The lowest BCUT2D eigenvalue weighted by Crippen LogP contribution is -2.44. The molecule has 3 rings (SSSR count). The number of rotatable bonds is 8. The smallest absolute Gasteiger partial charge is 0.329 e. The summed E-state index contributed by atoms with van der Waals surface area (Å²) in [6.45, 7) is 1.23. The largest absolute Gasteiger partial charge is 0.496 e. The van der Waals surface area contributed by atoms with Gasteiger partial charge in [-0.15, -0.1) is 0 Å². The molecule has 0 aliphatic carbocycles. The highest BCUT2D eigenvalue weighted by atomic mass is 16.5. The van der Waals surface area contributed by atoms with E-state index < -0.39 is 36.3 Å². The molecule has 1 heterocycles. The molecular formula is C22H22N2O6. The van der Waals surface area contributed by atoms with Crippen LogP contribution >= 0.6 is 0 Å². The Kier molecular flexibility index (Phi) is 6.46. The molecule has 2 aromatic rings. The van der Waals surface area contributed by atoms with Crippen molar-refractivity contribution in [3.8, 4) is 5.75 Å². The zero-order valence-corrected chi connectivity index (χ0v) is 16.7. The average Bonchev–Trinajstić information content (AvgIpc) is 3.02. The quantitative estimate of drug-likeness (QED) is 0.524. The summed E-state index contributed by atoms with van der Waals surface area (Å²) in [6.07, 6.45) is 0.551. The van der Waals surface area contributed by atoms with E-state index in [1.165, 1.54) is 19.1 Å². The molecule has 8 nitrogen and oxygen atoms in total. The maximum Gasteiger partial charge on any atom is 0.329 e. The fourth-order valence-corrected chi connectivity index (χ4v) is 3.22. The van der Waals surface area contributed by atoms with Crippen LogP contribution in [0.5, 0.6) is 5.75 Å². The first-order chi connectivity index (χ1) is 14.4. The van der Waals surface area contributed by atoms with E-state index in [9.17, 15) is 19.2 Å². The van der Waals surface area contributed by atoms with Crippen molar-refractivity contribution >= 4 is 23.7 Å². The van der Waals surface area contributed by atoms with Gasteiger partial charge in [0.05, 0.1) is 18.2 Å². The molecule has 3 amide bonds. The first kappa shape index (κ1) is 21.0. The molecule has 0 bridgehead atoms. The van der Waals surface area contributed by atoms with E-state index in [0.717, 1.165) is 16.2 Å². The molecule has 1 aliphatic heterocycles. The van der Waals surface area contributed by atoms with Crippen molar-refractivity contribution in [3.63, 3.8) is 0 Å². The molecule has 0 fully saturated rings. The SMILES string of the molecule is COc1ccccc1CCNC(=O)COC(=O)[C@H](C)N1C(=O)c2ccccc2C1=O. The Labute approximate surface area is 173 Å². The number of hydrogen-bond acceptors (Lipinski definition) is 6. The number of methoxy groups -OCH3 is 1. The number of nitrogens with zero attached hydrogens (tertiary/aromatic N) is 1. The normalized spacial score (nSPS) is 13.6. The van der Waals surface area contributed by atoms with Crippen molar-refractivity contribution in [3.05, 3.63) is 65.2 Å². The first-order valence-corrected chi connectivity index (χ1v) is 9.46. The topological polar surface area (TPSA) is 102 Å². The summed E-state index contributed by atoms with van der Waals surface area (Å²) >= 11 is 0. The number of nitrogens with one attached hydrogen (secondary N) is 1. The lowest BCUT2D eigenvalue weighted by molar-refractivity contribution is -0.151. The van der Waals surface area contributed by atoms with Gasteiger partial charge < -0.3 is 14.8 Å². The maximum absolute atomic E-state index is 12.4. The van der Waals surface area contributed by atoms with Gasteiger partial charge in [-0.2, -0.15) is 0 Å². The van der Waals surface area contributed by atoms with Crippen LogP contribution < -0.4 is 10.1 Å². The highest BCUT2D eigenvalue weighted by molar-refractivity contribution is 6.22. The minimum absolute atomic E-state index is 0.247. The Hall–Kier alpha value is -3.68. The summed E-state index contributed by atoms with van der Waals surface area (Å²) in [7, 11) is 1.58. The highest BCUT2D eigenvalue weighted by Gasteiger charge is 2.41. The van der Waals surface area contributed by atoms with Crippen LogP contribution in [-0.4, -0.2) is 54.9 Å². The van der Waals surface area contributed by atoms with Crippen molar-refractivity contribution in [1.29, 1.82) is 0 Å². The molecule has 0 unspecified atom stereocenters. The standard InChI is InChI=1S/C22H22N2O6/c1-14(24-20(26)16-8-4-5-9-17(16)21(24)27)22(28)30-13-19(25)23-12-11-15-7-3-6-10-18(15)29-2/h3-10,14H,11-13H2,1-2H3,(H,23,25)/t14-/m0/s1. The number of esters is 1. The third kappa shape index (κ3) is 4.32. The molecule has 1 N–H and O–H groups in total. The molecule has 1 aliphatic rings. The summed E-state index contributed by atoms with van der Waals surface area (Å²) in [5.41, 5.74) is 1.43. The summed E-state index contributed by atoms with van der Waals surface area (Å²) in [5, 5.41) is 2.66. The lowest BCUT2D eigenvalue weighted by Gasteiger charge is -2.20. The Morgan fingerprint density at radius 1 is 1.00 bits per heavy atom. The van der Waals surface area contributed by atoms with Crippen LogP contribution in [0.1, 0.15) is 33.2 Å². The van der Waals surface area contributed by atoms with E-state index in [-0.39, 0.29) is 11.1 Å². The van der Waals surface area contributed by atoms with Gasteiger partial charge in [-0.25, -0.2) is 4.79 Å². The van der Waals surface area contributed by atoms with Crippen molar-refractivity contribution < 1.29 is 28.7 Å². The van der Waals surface area contributed by atoms with E-state index in [2.05, 4.69) is 5.32 Å². The monoisotopic (exact) mass is 410 g/mol. The molecule has 156 valence electrons. The maximum atomic E-state index is 12.4. The second-order valence-electron chi connectivity index (χ2n) is 6.72. The van der Waals surface area contributed by atoms with Gasteiger partial charge in [0, 0.05) is 6.54 Å². The third-order valence-electron chi connectivity index (χ3n) is 4.81. The van der Waals surface area contributed by atoms with Crippen LogP contribution in [0.15, 0.2) is 48.5 Å². The zero-order valence-electron chi connectivity index (χ0n) is 16.7. The van der Waals surface area contributed by atoms with Crippen molar-refractivity contribution in [1.82, 2.24) is 10.2 Å². The molecule has 0 saturated carbocycles. The minimum Gasteiger partial charge on any atom is -0.496 e. The number of hydrogen-bond donors (Lipinski definition) is 1. The van der Waals surface area contributed by atoms with Crippen molar-refractivity contribution in [2.24, 2.45) is 0 Å². The van der Waals surface area contributed by atoms with Crippen LogP contribution in [0, 0.1) is 0 Å². The number of fused-ring (bicyclic) bond motifs is 1. The molecule has 30 heavy (non-hydrogen) atoms.